The second-order valence-corrected chi connectivity index (χ2v) is 3.89. The molecule has 10 heavy (non-hydrogen) atoms. The van der Waals surface area contributed by atoms with Gasteiger partial charge >= 0.3 is 0 Å². The second-order valence-electron chi connectivity index (χ2n) is 3.52. The van der Waals surface area contributed by atoms with E-state index in [1.807, 2.05) is 0 Å². The number of nitrogens with zero attached hydrogens (tertiary/aromatic N) is 1. The maximum Gasteiger partial charge on any atom is 0.0351 e. The largest absolute Gasteiger partial charge is 0.299 e. The predicted octanol–water partition coefficient (Wildman–Crippen LogP) is 1.71. The van der Waals surface area contributed by atoms with Gasteiger partial charge in [0.1, 0.15) is 0 Å². The third-order valence-corrected chi connectivity index (χ3v) is 3.06. The highest BCUT2D eigenvalue weighted by atomic mass is 35.5. The van der Waals surface area contributed by atoms with Crippen molar-refractivity contribution in [1.82, 2.24) is 4.90 Å². The lowest BCUT2D eigenvalue weighted by Crippen LogP contribution is -2.33. The molecule has 1 aliphatic heterocycles. The van der Waals surface area contributed by atoms with E-state index in [4.69, 9.17) is 11.6 Å². The van der Waals surface area contributed by atoms with Crippen LogP contribution in [-0.2, 0) is 0 Å². The van der Waals surface area contributed by atoms with Crippen LogP contribution in [0.4, 0.5) is 0 Å². The number of fused-ring (bicyclic) bond motifs is 2. The summed E-state index contributed by atoms with van der Waals surface area (Å²) in [4.78, 5) is 2.56. The van der Waals surface area contributed by atoms with Gasteiger partial charge in [0.2, 0.25) is 0 Å². The number of piperidine rings is 1. The Morgan fingerprint density at radius 2 is 2.30 bits per heavy atom. The highest BCUT2D eigenvalue weighted by Crippen LogP contribution is 2.36. The van der Waals surface area contributed by atoms with E-state index in [0.717, 1.165) is 24.4 Å². The summed E-state index contributed by atoms with van der Waals surface area (Å²) in [6, 6.07) is 0.906. The minimum atomic E-state index is 0.809. The van der Waals surface area contributed by atoms with Gasteiger partial charge in [-0.05, 0) is 25.2 Å². The lowest BCUT2D eigenvalue weighted by atomic mass is 10.1. The van der Waals surface area contributed by atoms with Crippen LogP contribution in [0.2, 0.25) is 0 Å². The van der Waals surface area contributed by atoms with Crippen LogP contribution in [0.25, 0.3) is 0 Å². The zero-order valence-electron chi connectivity index (χ0n) is 6.22. The second kappa shape index (κ2) is 2.71. The van der Waals surface area contributed by atoms with Gasteiger partial charge in [0.15, 0.2) is 0 Å². The third kappa shape index (κ3) is 1.06. The first-order valence-corrected chi connectivity index (χ1v) is 4.73. The van der Waals surface area contributed by atoms with Crippen LogP contribution in [0.15, 0.2) is 0 Å². The zero-order valence-corrected chi connectivity index (χ0v) is 6.98. The number of hydrogen-bond donors (Lipinski definition) is 0. The summed E-state index contributed by atoms with van der Waals surface area (Å²) in [5.74, 6) is 1.83. The molecule has 1 heterocycles. The van der Waals surface area contributed by atoms with Crippen molar-refractivity contribution in [3.63, 3.8) is 0 Å². The SMILES string of the molecule is ClCCN1CC2CCC1C2. The quantitative estimate of drug-likeness (QED) is 0.555. The molecule has 0 aromatic rings. The van der Waals surface area contributed by atoms with Crippen LogP contribution >= 0.6 is 11.6 Å². The standard InChI is InChI=1S/C8H14ClN/c9-3-4-10-6-7-1-2-8(10)5-7/h7-8H,1-6H2. The first-order chi connectivity index (χ1) is 4.90. The Kier molecular flexibility index (Phi) is 1.88. The van der Waals surface area contributed by atoms with E-state index in [1.165, 1.54) is 25.8 Å². The molecule has 2 aliphatic rings. The van der Waals surface area contributed by atoms with Crippen molar-refractivity contribution in [2.75, 3.05) is 19.0 Å². The predicted molar refractivity (Wildman–Crippen MR) is 43.4 cm³/mol. The Labute approximate surface area is 67.3 Å². The Hall–Kier alpha value is 0.250. The summed E-state index contributed by atoms with van der Waals surface area (Å²) >= 11 is 5.68. The Morgan fingerprint density at radius 3 is 2.80 bits per heavy atom. The highest BCUT2D eigenvalue weighted by Gasteiger charge is 2.36. The molecule has 0 aromatic heterocycles. The lowest BCUT2D eigenvalue weighted by molar-refractivity contribution is 0.226. The number of hydrogen-bond acceptors (Lipinski definition) is 1. The molecule has 1 aliphatic carbocycles. The fraction of sp³-hybridized carbons (Fsp3) is 1.00. The molecule has 2 bridgehead atoms. The fourth-order valence-electron chi connectivity index (χ4n) is 2.41. The van der Waals surface area contributed by atoms with Crippen molar-refractivity contribution in [3.8, 4) is 0 Å². The van der Waals surface area contributed by atoms with E-state index in [2.05, 4.69) is 4.90 Å². The van der Waals surface area contributed by atoms with Crippen LogP contribution in [0.1, 0.15) is 19.3 Å². The number of rotatable bonds is 2. The van der Waals surface area contributed by atoms with Gasteiger partial charge in [-0.15, -0.1) is 11.6 Å². The van der Waals surface area contributed by atoms with Gasteiger partial charge in [0, 0.05) is 25.0 Å². The average Bonchev–Trinajstić information content (AvgIpc) is 2.48. The molecule has 0 N–H and O–H groups in total. The first kappa shape index (κ1) is 6.93. The van der Waals surface area contributed by atoms with Crippen molar-refractivity contribution in [3.05, 3.63) is 0 Å². The van der Waals surface area contributed by atoms with E-state index in [0.29, 0.717) is 0 Å². The van der Waals surface area contributed by atoms with Gasteiger partial charge in [-0.1, -0.05) is 0 Å². The van der Waals surface area contributed by atoms with E-state index in [9.17, 15) is 0 Å². The molecule has 2 atom stereocenters. The fourth-order valence-corrected chi connectivity index (χ4v) is 2.63. The van der Waals surface area contributed by atoms with Gasteiger partial charge in [-0.3, -0.25) is 4.90 Å². The van der Waals surface area contributed by atoms with E-state index >= 15 is 0 Å². The molecule has 0 aromatic carbocycles. The van der Waals surface area contributed by atoms with Crippen LogP contribution in [0, 0.1) is 5.92 Å². The molecule has 1 saturated heterocycles. The van der Waals surface area contributed by atoms with Crippen molar-refractivity contribution >= 4 is 11.6 Å². The molecule has 0 amide bonds. The molecule has 2 fully saturated rings. The van der Waals surface area contributed by atoms with E-state index in [-0.39, 0.29) is 0 Å². The molecule has 0 radical (unpaired) electrons. The molecule has 1 saturated carbocycles. The topological polar surface area (TPSA) is 3.24 Å². The van der Waals surface area contributed by atoms with Gasteiger partial charge < -0.3 is 0 Å². The van der Waals surface area contributed by atoms with E-state index < -0.39 is 0 Å². The van der Waals surface area contributed by atoms with Crippen molar-refractivity contribution in [1.29, 1.82) is 0 Å². The zero-order chi connectivity index (χ0) is 6.97. The molecule has 1 nitrogen and oxygen atoms in total. The Morgan fingerprint density at radius 1 is 1.40 bits per heavy atom. The smallest absolute Gasteiger partial charge is 0.0351 e. The summed E-state index contributed by atoms with van der Waals surface area (Å²) in [6.45, 7) is 2.44. The van der Waals surface area contributed by atoms with Gasteiger partial charge in [-0.25, -0.2) is 0 Å². The Bertz CT molecular complexity index is 126. The minimum Gasteiger partial charge on any atom is -0.299 e. The van der Waals surface area contributed by atoms with Gasteiger partial charge in [0.05, 0.1) is 0 Å². The lowest BCUT2D eigenvalue weighted by Gasteiger charge is -2.25. The van der Waals surface area contributed by atoms with Crippen LogP contribution in [0.5, 0.6) is 0 Å². The summed E-state index contributed by atoms with van der Waals surface area (Å²) in [5.41, 5.74) is 0. The minimum absolute atomic E-state index is 0.809. The van der Waals surface area contributed by atoms with Crippen molar-refractivity contribution in [2.45, 2.75) is 25.3 Å². The molecule has 2 rings (SSSR count). The van der Waals surface area contributed by atoms with Gasteiger partial charge in [0.25, 0.3) is 0 Å². The van der Waals surface area contributed by atoms with E-state index in [1.54, 1.807) is 0 Å². The number of halogens is 1. The normalized spacial score (nSPS) is 39.3. The molecule has 2 heteroatoms. The molecular formula is C8H14ClN. The summed E-state index contributed by atoms with van der Waals surface area (Å²) < 4.78 is 0. The monoisotopic (exact) mass is 159 g/mol. The number of likely N-dealkylation sites (tertiary alicyclic amines) is 1. The highest BCUT2D eigenvalue weighted by molar-refractivity contribution is 6.18. The third-order valence-electron chi connectivity index (χ3n) is 2.89. The van der Waals surface area contributed by atoms with Crippen LogP contribution < -0.4 is 0 Å². The van der Waals surface area contributed by atoms with Crippen molar-refractivity contribution in [2.24, 2.45) is 5.92 Å². The first-order valence-electron chi connectivity index (χ1n) is 4.20. The van der Waals surface area contributed by atoms with Crippen molar-refractivity contribution < 1.29 is 0 Å². The van der Waals surface area contributed by atoms with Gasteiger partial charge in [-0.2, -0.15) is 0 Å². The molecular weight excluding hydrogens is 146 g/mol. The summed E-state index contributed by atoms with van der Waals surface area (Å²) in [7, 11) is 0. The summed E-state index contributed by atoms with van der Waals surface area (Å²) in [6.07, 6.45) is 4.36. The molecule has 58 valence electrons. The Balaban J connectivity index is 1.90. The van der Waals surface area contributed by atoms with Crippen LogP contribution in [0.3, 0.4) is 0 Å². The average molecular weight is 160 g/mol. The molecule has 2 unspecified atom stereocenters. The molecule has 0 spiro atoms. The van der Waals surface area contributed by atoms with Crippen LogP contribution in [-0.4, -0.2) is 29.9 Å². The summed E-state index contributed by atoms with van der Waals surface area (Å²) in [5, 5.41) is 0. The maximum absolute atomic E-state index is 5.68. The maximum atomic E-state index is 5.68. The number of alkyl halides is 1.